The van der Waals surface area contributed by atoms with E-state index < -0.39 is 0 Å². The zero-order chi connectivity index (χ0) is 18.1. The van der Waals surface area contributed by atoms with Crippen LogP contribution in [0, 0.1) is 5.92 Å². The third-order valence-electron chi connectivity index (χ3n) is 5.65. The van der Waals surface area contributed by atoms with Gasteiger partial charge in [0, 0.05) is 36.6 Å². The molecule has 0 saturated carbocycles. The predicted octanol–water partition coefficient (Wildman–Crippen LogP) is 5.07. The Bertz CT molecular complexity index is 913. The summed E-state index contributed by atoms with van der Waals surface area (Å²) in [5, 5.41) is 11.9. The molecule has 2 aromatic carbocycles. The molecule has 1 saturated heterocycles. The summed E-state index contributed by atoms with van der Waals surface area (Å²) in [5.41, 5.74) is 3.31. The molecule has 4 rings (SSSR count). The highest BCUT2D eigenvalue weighted by Gasteiger charge is 2.30. The first-order valence-electron chi connectivity index (χ1n) is 9.39. The van der Waals surface area contributed by atoms with Crippen LogP contribution in [0.5, 0.6) is 5.88 Å². The van der Waals surface area contributed by atoms with Crippen LogP contribution < -0.4 is 0 Å². The van der Waals surface area contributed by atoms with Crippen LogP contribution in [0.2, 0.25) is 0 Å². The Balaban J connectivity index is 1.60. The lowest BCUT2D eigenvalue weighted by Gasteiger charge is -2.38. The van der Waals surface area contributed by atoms with Crippen molar-refractivity contribution in [3.05, 3.63) is 72.3 Å². The molecule has 26 heavy (non-hydrogen) atoms. The first-order chi connectivity index (χ1) is 12.7. The third kappa shape index (κ3) is 2.93. The highest BCUT2D eigenvalue weighted by Crippen LogP contribution is 2.40. The maximum Gasteiger partial charge on any atom is 0.199 e. The summed E-state index contributed by atoms with van der Waals surface area (Å²) < 4.78 is 2.14. The maximum absolute atomic E-state index is 10.9. The summed E-state index contributed by atoms with van der Waals surface area (Å²) in [5.74, 6) is 0.821. The van der Waals surface area contributed by atoms with Gasteiger partial charge < -0.3 is 9.67 Å². The molecule has 0 aliphatic carbocycles. The fourth-order valence-electron chi connectivity index (χ4n) is 4.40. The van der Waals surface area contributed by atoms with Gasteiger partial charge in [-0.25, -0.2) is 0 Å². The molecule has 134 valence electrons. The van der Waals surface area contributed by atoms with Crippen LogP contribution in [-0.4, -0.2) is 27.7 Å². The van der Waals surface area contributed by atoms with E-state index in [0.29, 0.717) is 17.8 Å². The van der Waals surface area contributed by atoms with Crippen LogP contribution >= 0.6 is 0 Å². The highest BCUT2D eigenvalue weighted by molar-refractivity contribution is 5.92. The number of hydrogen-bond acceptors (Lipinski definition) is 2. The number of nitrogens with zero attached hydrogens (tertiary/aromatic N) is 2. The van der Waals surface area contributed by atoms with Crippen molar-refractivity contribution in [3.63, 3.8) is 0 Å². The van der Waals surface area contributed by atoms with Crippen molar-refractivity contribution in [2.45, 2.75) is 25.9 Å². The van der Waals surface area contributed by atoms with Gasteiger partial charge in [-0.05, 0) is 24.0 Å². The van der Waals surface area contributed by atoms with Crippen molar-refractivity contribution in [3.8, 4) is 5.88 Å². The zero-order valence-electron chi connectivity index (χ0n) is 15.3. The number of rotatable bonds is 4. The molecule has 1 aliphatic rings. The molecule has 3 aromatic rings. The molecule has 1 aromatic heterocycles. The highest BCUT2D eigenvalue weighted by atomic mass is 16.3. The largest absolute Gasteiger partial charge is 0.494 e. The van der Waals surface area contributed by atoms with E-state index >= 15 is 0 Å². The Morgan fingerprint density at radius 1 is 1.12 bits per heavy atom. The number of benzene rings is 2. The van der Waals surface area contributed by atoms with Gasteiger partial charge in [0.2, 0.25) is 0 Å². The lowest BCUT2D eigenvalue weighted by Crippen LogP contribution is -2.39. The van der Waals surface area contributed by atoms with E-state index in [2.05, 4.69) is 65.4 Å². The van der Waals surface area contributed by atoms with E-state index in [1.807, 2.05) is 12.1 Å². The Morgan fingerprint density at radius 3 is 2.58 bits per heavy atom. The Hall–Kier alpha value is -2.52. The van der Waals surface area contributed by atoms with Crippen LogP contribution in [0.25, 0.3) is 17.0 Å². The van der Waals surface area contributed by atoms with Crippen molar-refractivity contribution < 1.29 is 5.11 Å². The second kappa shape index (κ2) is 7.00. The molecule has 1 N–H and O–H groups in total. The SMILES string of the molecule is C=Cc1c(O)n(C2CCN(Cc3ccccc3)C[C@H]2C)c2ccccc12. The summed E-state index contributed by atoms with van der Waals surface area (Å²) >= 11 is 0. The molecule has 0 bridgehead atoms. The van der Waals surface area contributed by atoms with E-state index in [-0.39, 0.29) is 0 Å². The lowest BCUT2D eigenvalue weighted by atomic mass is 9.93. The quantitative estimate of drug-likeness (QED) is 0.714. The minimum absolute atomic E-state index is 0.306. The van der Waals surface area contributed by atoms with Gasteiger partial charge in [-0.3, -0.25) is 4.90 Å². The Morgan fingerprint density at radius 2 is 1.85 bits per heavy atom. The standard InChI is InChI=1S/C23H26N2O/c1-3-19-20-11-7-8-12-22(20)25(23(19)26)21-13-14-24(15-17(21)2)16-18-9-5-4-6-10-18/h3-12,17,21,26H,1,13-16H2,2H3/t17-,21?/m1/s1. The number of likely N-dealkylation sites (tertiary alicyclic amines) is 1. The molecule has 1 aliphatic heterocycles. The molecular formula is C23H26N2O. The fraction of sp³-hybridized carbons (Fsp3) is 0.304. The van der Waals surface area contributed by atoms with E-state index in [9.17, 15) is 5.11 Å². The van der Waals surface area contributed by atoms with Gasteiger partial charge in [0.05, 0.1) is 5.52 Å². The second-order valence-corrected chi connectivity index (χ2v) is 7.38. The minimum atomic E-state index is 0.306. The van der Waals surface area contributed by atoms with Gasteiger partial charge in [0.15, 0.2) is 5.88 Å². The van der Waals surface area contributed by atoms with E-state index in [1.54, 1.807) is 6.08 Å². The molecule has 3 nitrogen and oxygen atoms in total. The van der Waals surface area contributed by atoms with Gasteiger partial charge in [-0.15, -0.1) is 0 Å². The van der Waals surface area contributed by atoms with Gasteiger partial charge in [0.1, 0.15) is 0 Å². The smallest absolute Gasteiger partial charge is 0.199 e. The third-order valence-corrected chi connectivity index (χ3v) is 5.65. The van der Waals surface area contributed by atoms with Crippen LogP contribution in [0.4, 0.5) is 0 Å². The molecular weight excluding hydrogens is 320 g/mol. The van der Waals surface area contributed by atoms with Gasteiger partial charge in [-0.1, -0.05) is 68.1 Å². The molecule has 2 heterocycles. The number of fused-ring (bicyclic) bond motifs is 1. The van der Waals surface area contributed by atoms with Crippen molar-refractivity contribution in [1.29, 1.82) is 0 Å². The topological polar surface area (TPSA) is 28.4 Å². The normalized spacial score (nSPS) is 21.1. The summed E-state index contributed by atoms with van der Waals surface area (Å²) in [6.07, 6.45) is 2.81. The Kier molecular flexibility index (Phi) is 4.56. The van der Waals surface area contributed by atoms with Crippen molar-refractivity contribution >= 4 is 17.0 Å². The summed E-state index contributed by atoms with van der Waals surface area (Å²) in [6, 6.07) is 19.2. The summed E-state index contributed by atoms with van der Waals surface area (Å²) in [6.45, 7) is 9.26. The number of aromatic hydroxyl groups is 1. The first-order valence-corrected chi connectivity index (χ1v) is 9.39. The average Bonchev–Trinajstić information content (AvgIpc) is 2.94. The molecule has 2 atom stereocenters. The van der Waals surface area contributed by atoms with Crippen LogP contribution in [-0.2, 0) is 6.54 Å². The molecule has 0 amide bonds. The predicted molar refractivity (Wildman–Crippen MR) is 108 cm³/mol. The molecule has 0 spiro atoms. The number of piperidine rings is 1. The maximum atomic E-state index is 10.9. The second-order valence-electron chi connectivity index (χ2n) is 7.38. The molecule has 3 heteroatoms. The van der Waals surface area contributed by atoms with Crippen LogP contribution in [0.15, 0.2) is 61.2 Å². The number of para-hydroxylation sites is 1. The van der Waals surface area contributed by atoms with E-state index in [4.69, 9.17) is 0 Å². The van der Waals surface area contributed by atoms with Gasteiger partial charge in [0.25, 0.3) is 0 Å². The molecule has 0 radical (unpaired) electrons. The van der Waals surface area contributed by atoms with Crippen LogP contribution in [0.1, 0.15) is 30.5 Å². The van der Waals surface area contributed by atoms with Crippen LogP contribution in [0.3, 0.4) is 0 Å². The monoisotopic (exact) mass is 346 g/mol. The Labute approximate surface area is 155 Å². The number of aromatic nitrogens is 1. The lowest BCUT2D eigenvalue weighted by molar-refractivity contribution is 0.125. The molecule has 1 unspecified atom stereocenters. The van der Waals surface area contributed by atoms with Crippen molar-refractivity contribution in [2.24, 2.45) is 5.92 Å². The fourth-order valence-corrected chi connectivity index (χ4v) is 4.40. The average molecular weight is 346 g/mol. The first kappa shape index (κ1) is 16.9. The van der Waals surface area contributed by atoms with E-state index in [1.165, 1.54) is 5.56 Å². The number of hydrogen-bond donors (Lipinski definition) is 1. The zero-order valence-corrected chi connectivity index (χ0v) is 15.3. The minimum Gasteiger partial charge on any atom is -0.494 e. The van der Waals surface area contributed by atoms with E-state index in [0.717, 1.165) is 42.5 Å². The summed E-state index contributed by atoms with van der Waals surface area (Å²) in [7, 11) is 0. The summed E-state index contributed by atoms with van der Waals surface area (Å²) in [4.78, 5) is 2.52. The van der Waals surface area contributed by atoms with Crippen molar-refractivity contribution in [1.82, 2.24) is 9.47 Å². The van der Waals surface area contributed by atoms with Gasteiger partial charge in [-0.2, -0.15) is 0 Å². The van der Waals surface area contributed by atoms with Crippen molar-refractivity contribution in [2.75, 3.05) is 13.1 Å². The molecule has 1 fully saturated rings. The van der Waals surface area contributed by atoms with Gasteiger partial charge >= 0.3 is 0 Å².